The summed E-state index contributed by atoms with van der Waals surface area (Å²) < 4.78 is 24.3. The second-order valence-corrected chi connectivity index (χ2v) is 8.50. The number of morpholine rings is 1. The topological polar surface area (TPSA) is 66.2 Å². The molecule has 0 unspecified atom stereocenters. The quantitative estimate of drug-likeness (QED) is 0.446. The molecule has 3 aromatic rings. The number of amides is 2. The van der Waals surface area contributed by atoms with Crippen molar-refractivity contribution in [3.05, 3.63) is 95.7 Å². The number of carbonyl (C=O) groups is 2. The molecule has 0 aliphatic carbocycles. The van der Waals surface area contributed by atoms with E-state index in [-0.39, 0.29) is 18.4 Å². The second kappa shape index (κ2) is 12.3. The first-order valence-corrected chi connectivity index (χ1v) is 11.8. The van der Waals surface area contributed by atoms with Crippen molar-refractivity contribution in [2.45, 2.75) is 13.1 Å². The van der Waals surface area contributed by atoms with Crippen molar-refractivity contribution >= 4 is 11.8 Å². The highest BCUT2D eigenvalue weighted by Crippen LogP contribution is 2.14. The van der Waals surface area contributed by atoms with E-state index in [1.54, 1.807) is 22.1 Å². The van der Waals surface area contributed by atoms with E-state index in [4.69, 9.17) is 9.15 Å². The van der Waals surface area contributed by atoms with Gasteiger partial charge in [0.1, 0.15) is 18.1 Å². The number of ether oxygens (including phenoxy) is 1. The summed E-state index contributed by atoms with van der Waals surface area (Å²) in [6.45, 7) is 4.47. The number of halogens is 1. The molecule has 1 aliphatic heterocycles. The highest BCUT2D eigenvalue weighted by Gasteiger charge is 2.24. The smallest absolute Gasteiger partial charge is 0.254 e. The highest BCUT2D eigenvalue weighted by atomic mass is 19.1. The molecule has 4 rings (SSSR count). The third-order valence-electron chi connectivity index (χ3n) is 5.99. The van der Waals surface area contributed by atoms with Crippen molar-refractivity contribution in [2.24, 2.45) is 0 Å². The van der Waals surface area contributed by atoms with Crippen LogP contribution in [0.15, 0.2) is 77.4 Å². The Labute approximate surface area is 204 Å². The molecular weight excluding hydrogens is 449 g/mol. The normalized spacial score (nSPS) is 14.0. The molecule has 0 N–H and O–H groups in total. The molecule has 1 saturated heterocycles. The SMILES string of the molecule is O=C(CN(CCN1CCOCC1)C(=O)c1ccc(F)cc1)N(Cc1ccccc1)Cc1ccco1. The number of rotatable bonds is 10. The zero-order valence-corrected chi connectivity index (χ0v) is 19.6. The van der Waals surface area contributed by atoms with Gasteiger partial charge in [-0.05, 0) is 42.0 Å². The number of hydrogen-bond acceptors (Lipinski definition) is 5. The summed E-state index contributed by atoms with van der Waals surface area (Å²) in [4.78, 5) is 32.3. The maximum atomic E-state index is 13.5. The van der Waals surface area contributed by atoms with Crippen molar-refractivity contribution in [3.63, 3.8) is 0 Å². The van der Waals surface area contributed by atoms with Gasteiger partial charge in [-0.3, -0.25) is 14.5 Å². The Hall–Kier alpha value is -3.49. The van der Waals surface area contributed by atoms with Crippen LogP contribution in [0.1, 0.15) is 21.7 Å². The third-order valence-corrected chi connectivity index (χ3v) is 5.99. The Kier molecular flexibility index (Phi) is 8.64. The van der Waals surface area contributed by atoms with Gasteiger partial charge in [0.2, 0.25) is 5.91 Å². The number of benzene rings is 2. The van der Waals surface area contributed by atoms with Crippen molar-refractivity contribution < 1.29 is 23.1 Å². The van der Waals surface area contributed by atoms with Gasteiger partial charge in [0, 0.05) is 38.3 Å². The van der Waals surface area contributed by atoms with Crippen LogP contribution in [0.2, 0.25) is 0 Å². The summed E-state index contributed by atoms with van der Waals surface area (Å²) in [5.74, 6) is -0.240. The maximum Gasteiger partial charge on any atom is 0.254 e. The molecule has 0 spiro atoms. The van der Waals surface area contributed by atoms with E-state index in [1.807, 2.05) is 36.4 Å². The van der Waals surface area contributed by atoms with Crippen molar-refractivity contribution in [1.82, 2.24) is 14.7 Å². The Morgan fingerprint density at radius 3 is 2.31 bits per heavy atom. The number of furan rings is 1. The molecule has 1 aliphatic rings. The zero-order chi connectivity index (χ0) is 24.5. The van der Waals surface area contributed by atoms with Crippen molar-refractivity contribution in [2.75, 3.05) is 45.9 Å². The van der Waals surface area contributed by atoms with E-state index in [2.05, 4.69) is 4.90 Å². The van der Waals surface area contributed by atoms with Gasteiger partial charge in [-0.15, -0.1) is 0 Å². The molecule has 2 aromatic carbocycles. The van der Waals surface area contributed by atoms with E-state index in [1.165, 1.54) is 24.3 Å². The predicted molar refractivity (Wildman–Crippen MR) is 129 cm³/mol. The Morgan fingerprint density at radius 1 is 0.886 bits per heavy atom. The fourth-order valence-electron chi connectivity index (χ4n) is 4.00. The van der Waals surface area contributed by atoms with Gasteiger partial charge in [-0.25, -0.2) is 4.39 Å². The van der Waals surface area contributed by atoms with Crippen LogP contribution in [0.5, 0.6) is 0 Å². The van der Waals surface area contributed by atoms with Crippen molar-refractivity contribution in [3.8, 4) is 0 Å². The first-order valence-electron chi connectivity index (χ1n) is 11.8. The van der Waals surface area contributed by atoms with E-state index >= 15 is 0 Å². The Balaban J connectivity index is 1.51. The van der Waals surface area contributed by atoms with Crippen LogP contribution in [0, 0.1) is 5.82 Å². The molecule has 0 atom stereocenters. The van der Waals surface area contributed by atoms with Gasteiger partial charge in [0.15, 0.2) is 0 Å². The molecule has 8 heteroatoms. The average Bonchev–Trinajstić information content (AvgIpc) is 3.40. The zero-order valence-electron chi connectivity index (χ0n) is 19.6. The molecule has 184 valence electrons. The summed E-state index contributed by atoms with van der Waals surface area (Å²) in [5.41, 5.74) is 1.33. The summed E-state index contributed by atoms with van der Waals surface area (Å²) in [6, 6.07) is 18.7. The van der Waals surface area contributed by atoms with Crippen LogP contribution < -0.4 is 0 Å². The Morgan fingerprint density at radius 2 is 1.63 bits per heavy atom. The molecule has 2 amide bonds. The first kappa shape index (κ1) is 24.6. The molecule has 35 heavy (non-hydrogen) atoms. The van der Waals surface area contributed by atoms with Gasteiger partial charge >= 0.3 is 0 Å². The first-order chi connectivity index (χ1) is 17.1. The van der Waals surface area contributed by atoms with Gasteiger partial charge in [-0.2, -0.15) is 0 Å². The molecular formula is C27H30FN3O4. The Bertz CT molecular complexity index is 1070. The van der Waals surface area contributed by atoms with Crippen molar-refractivity contribution in [1.29, 1.82) is 0 Å². The van der Waals surface area contributed by atoms with Gasteiger partial charge in [-0.1, -0.05) is 30.3 Å². The fraction of sp³-hybridized carbons (Fsp3) is 0.333. The lowest BCUT2D eigenvalue weighted by molar-refractivity contribution is -0.133. The van der Waals surface area contributed by atoms with E-state index in [0.717, 1.165) is 18.7 Å². The van der Waals surface area contributed by atoms with Crippen LogP contribution in [0.25, 0.3) is 0 Å². The lowest BCUT2D eigenvalue weighted by Crippen LogP contribution is -2.47. The molecule has 1 aromatic heterocycles. The minimum atomic E-state index is -0.412. The van der Waals surface area contributed by atoms with Crippen LogP contribution in [-0.2, 0) is 22.6 Å². The number of carbonyl (C=O) groups excluding carboxylic acids is 2. The standard InChI is InChI=1S/C27H30FN3O4/c28-24-10-8-23(9-11-24)27(33)30(13-12-29-14-17-34-18-15-29)21-26(32)31(20-25-7-4-16-35-25)19-22-5-2-1-3-6-22/h1-11,16H,12-15,17-21H2. The minimum absolute atomic E-state index is 0.0892. The highest BCUT2D eigenvalue weighted by molar-refractivity contribution is 5.96. The van der Waals surface area contributed by atoms with Gasteiger partial charge in [0.25, 0.3) is 5.91 Å². The number of nitrogens with zero attached hydrogens (tertiary/aromatic N) is 3. The fourth-order valence-corrected chi connectivity index (χ4v) is 4.00. The lowest BCUT2D eigenvalue weighted by atomic mass is 10.2. The monoisotopic (exact) mass is 479 g/mol. The van der Waals surface area contributed by atoms with Crippen LogP contribution >= 0.6 is 0 Å². The van der Waals surface area contributed by atoms with E-state index < -0.39 is 5.82 Å². The van der Waals surface area contributed by atoms with Crippen LogP contribution in [-0.4, -0.2) is 72.5 Å². The second-order valence-electron chi connectivity index (χ2n) is 8.50. The van der Waals surface area contributed by atoms with Gasteiger partial charge < -0.3 is 19.0 Å². The van der Waals surface area contributed by atoms with Crippen LogP contribution in [0.3, 0.4) is 0 Å². The average molecular weight is 480 g/mol. The third kappa shape index (κ3) is 7.24. The summed E-state index contributed by atoms with van der Waals surface area (Å²) in [5, 5.41) is 0. The number of hydrogen-bond donors (Lipinski definition) is 0. The molecule has 0 radical (unpaired) electrons. The molecule has 7 nitrogen and oxygen atoms in total. The molecule has 0 bridgehead atoms. The molecule has 0 saturated carbocycles. The van der Waals surface area contributed by atoms with Gasteiger partial charge in [0.05, 0.1) is 26.0 Å². The summed E-state index contributed by atoms with van der Waals surface area (Å²) >= 11 is 0. The van der Waals surface area contributed by atoms with E-state index in [0.29, 0.717) is 50.7 Å². The minimum Gasteiger partial charge on any atom is -0.467 e. The summed E-state index contributed by atoms with van der Waals surface area (Å²) in [6.07, 6.45) is 1.58. The molecule has 2 heterocycles. The largest absolute Gasteiger partial charge is 0.467 e. The van der Waals surface area contributed by atoms with Crippen LogP contribution in [0.4, 0.5) is 4.39 Å². The lowest BCUT2D eigenvalue weighted by Gasteiger charge is -2.31. The molecule has 1 fully saturated rings. The summed E-state index contributed by atoms with van der Waals surface area (Å²) in [7, 11) is 0. The predicted octanol–water partition coefficient (Wildman–Crippen LogP) is 3.42. The van der Waals surface area contributed by atoms with E-state index in [9.17, 15) is 14.0 Å². The maximum absolute atomic E-state index is 13.5.